The highest BCUT2D eigenvalue weighted by molar-refractivity contribution is 6.37. The number of aliphatic hydroxyl groups excluding tert-OH is 1. The molecule has 236 valence electrons. The van der Waals surface area contributed by atoms with Gasteiger partial charge in [-0.15, -0.1) is 0 Å². The molecule has 0 radical (unpaired) electrons. The Kier molecular flexibility index (Phi) is 9.95. The molecule has 11 heteroatoms. The number of ether oxygens (including phenoxy) is 1. The second-order valence-corrected chi connectivity index (χ2v) is 12.5. The molecule has 0 spiro atoms. The fourth-order valence-electron chi connectivity index (χ4n) is 6.94. The third-order valence-electron chi connectivity index (χ3n) is 9.53. The number of nitrogens with zero attached hydrogens (tertiary/aromatic N) is 1. The van der Waals surface area contributed by atoms with Crippen molar-refractivity contribution in [2.45, 2.75) is 76.0 Å². The van der Waals surface area contributed by atoms with Crippen LogP contribution in [0.2, 0.25) is 0 Å². The summed E-state index contributed by atoms with van der Waals surface area (Å²) in [5.41, 5.74) is 4.57. The molecule has 0 aromatic heterocycles. The Bertz CT molecular complexity index is 1400. The predicted molar refractivity (Wildman–Crippen MR) is 162 cm³/mol. The lowest BCUT2D eigenvalue weighted by atomic mass is 9.76. The number of rotatable bonds is 10. The lowest BCUT2D eigenvalue weighted by Crippen LogP contribution is -2.56. The van der Waals surface area contributed by atoms with Gasteiger partial charge in [0.05, 0.1) is 11.5 Å². The third-order valence-corrected chi connectivity index (χ3v) is 9.53. The van der Waals surface area contributed by atoms with Crippen LogP contribution in [-0.2, 0) is 23.9 Å². The Labute approximate surface area is 256 Å². The molecule has 1 aliphatic carbocycles. The first-order valence-electron chi connectivity index (χ1n) is 15.6. The molecule has 4 amide bonds. The van der Waals surface area contributed by atoms with Gasteiger partial charge in [-0.1, -0.05) is 62.4 Å². The molecule has 2 aromatic rings. The van der Waals surface area contributed by atoms with E-state index in [-0.39, 0.29) is 57.4 Å². The summed E-state index contributed by atoms with van der Waals surface area (Å²) < 4.78 is 5.36. The highest BCUT2D eigenvalue weighted by atomic mass is 16.5. The summed E-state index contributed by atoms with van der Waals surface area (Å²) in [5.74, 6) is -2.91. The Morgan fingerprint density at radius 3 is 2.41 bits per heavy atom. The molecule has 44 heavy (non-hydrogen) atoms. The molecular weight excluding hydrogens is 564 g/mol. The smallest absolute Gasteiger partial charge is 0.285 e. The van der Waals surface area contributed by atoms with Crippen molar-refractivity contribution in [1.29, 1.82) is 0 Å². The van der Waals surface area contributed by atoms with Crippen LogP contribution in [0.4, 0.5) is 0 Å². The van der Waals surface area contributed by atoms with Gasteiger partial charge in [-0.25, -0.2) is 0 Å². The van der Waals surface area contributed by atoms with Crippen molar-refractivity contribution < 1.29 is 33.8 Å². The van der Waals surface area contributed by atoms with Crippen molar-refractivity contribution in [2.24, 2.45) is 17.1 Å². The van der Waals surface area contributed by atoms with Crippen LogP contribution in [0.5, 0.6) is 0 Å². The number of nitrogens with two attached hydrogens (primary N) is 1. The van der Waals surface area contributed by atoms with E-state index in [2.05, 4.69) is 10.6 Å². The van der Waals surface area contributed by atoms with Crippen LogP contribution < -0.4 is 16.4 Å². The van der Waals surface area contributed by atoms with Gasteiger partial charge in [0.25, 0.3) is 11.8 Å². The van der Waals surface area contributed by atoms with E-state index in [0.29, 0.717) is 12.0 Å². The van der Waals surface area contributed by atoms with Crippen LogP contribution in [0.15, 0.2) is 42.5 Å². The fraction of sp³-hybridized carbons (Fsp3) is 0.545. The van der Waals surface area contributed by atoms with Crippen molar-refractivity contribution in [3.8, 4) is 0 Å². The number of likely N-dealkylation sites (tertiary alicyclic amines) is 1. The van der Waals surface area contributed by atoms with Crippen molar-refractivity contribution >= 4 is 40.2 Å². The average molecular weight is 607 g/mol. The first kappa shape index (κ1) is 31.6. The molecule has 5 N–H and O–H groups in total. The zero-order valence-corrected chi connectivity index (χ0v) is 25.0. The number of hydrogen-bond donors (Lipinski definition) is 4. The molecule has 2 saturated heterocycles. The zero-order chi connectivity index (χ0) is 31.3. The predicted octanol–water partition coefficient (Wildman–Crippen LogP) is 1.84. The molecule has 1 saturated carbocycles. The summed E-state index contributed by atoms with van der Waals surface area (Å²) in [4.78, 5) is 66.9. The summed E-state index contributed by atoms with van der Waals surface area (Å²) in [5, 5.41) is 18.2. The highest BCUT2D eigenvalue weighted by Crippen LogP contribution is 2.32. The molecule has 3 atom stereocenters. The van der Waals surface area contributed by atoms with Gasteiger partial charge >= 0.3 is 0 Å². The van der Waals surface area contributed by atoms with Gasteiger partial charge in [0, 0.05) is 38.3 Å². The van der Waals surface area contributed by atoms with Crippen LogP contribution in [0.25, 0.3) is 10.8 Å². The summed E-state index contributed by atoms with van der Waals surface area (Å²) in [6.07, 6.45) is 5.19. The van der Waals surface area contributed by atoms with Crippen LogP contribution in [0, 0.1) is 11.3 Å². The molecule has 3 fully saturated rings. The van der Waals surface area contributed by atoms with E-state index in [9.17, 15) is 29.1 Å². The van der Waals surface area contributed by atoms with Gasteiger partial charge in [0.1, 0.15) is 12.1 Å². The van der Waals surface area contributed by atoms with Crippen LogP contribution >= 0.6 is 0 Å². The Morgan fingerprint density at radius 2 is 1.70 bits per heavy atom. The van der Waals surface area contributed by atoms with Gasteiger partial charge < -0.3 is 31.1 Å². The van der Waals surface area contributed by atoms with Crippen molar-refractivity contribution in [1.82, 2.24) is 15.5 Å². The van der Waals surface area contributed by atoms with Crippen LogP contribution in [-0.4, -0.2) is 83.9 Å². The Hall–Kier alpha value is -3.83. The molecule has 2 heterocycles. The van der Waals surface area contributed by atoms with E-state index < -0.39 is 47.1 Å². The summed E-state index contributed by atoms with van der Waals surface area (Å²) in [6, 6.07) is 11.2. The minimum Gasteiger partial charge on any atom is -0.391 e. The monoisotopic (exact) mass is 606 g/mol. The SMILES string of the molecule is NC(=O)C(=O)C1(CNC(=O)[C@@H]2C[C@@H](O)CN2C(=O)[C@@H](CC2CCCCC2)NC(=O)c2ccc3ccccc3c2)CCOCC1. The van der Waals surface area contributed by atoms with E-state index in [1.165, 1.54) is 4.90 Å². The highest BCUT2D eigenvalue weighted by Gasteiger charge is 2.45. The summed E-state index contributed by atoms with van der Waals surface area (Å²) in [7, 11) is 0. The minimum absolute atomic E-state index is 0.0201. The van der Waals surface area contributed by atoms with Crippen LogP contribution in [0.1, 0.15) is 68.1 Å². The normalized spacial score (nSPS) is 22.7. The average Bonchev–Trinajstić information content (AvgIpc) is 3.44. The summed E-state index contributed by atoms with van der Waals surface area (Å²) in [6.45, 7) is 0.321. The number of primary amides is 1. The number of amides is 4. The van der Waals surface area contributed by atoms with Crippen LogP contribution in [0.3, 0.4) is 0 Å². The lowest BCUT2D eigenvalue weighted by Gasteiger charge is -2.35. The maximum Gasteiger partial charge on any atom is 0.285 e. The quantitative estimate of drug-likeness (QED) is 0.299. The molecule has 2 aromatic carbocycles. The molecule has 5 rings (SSSR count). The molecule has 0 bridgehead atoms. The maximum absolute atomic E-state index is 14.1. The molecular formula is C33H42N4O7. The summed E-state index contributed by atoms with van der Waals surface area (Å²) >= 11 is 0. The van der Waals surface area contributed by atoms with E-state index in [1.54, 1.807) is 12.1 Å². The molecule has 0 unspecified atom stereocenters. The topological polar surface area (TPSA) is 168 Å². The molecule has 2 aliphatic heterocycles. The molecule has 11 nitrogen and oxygen atoms in total. The molecule has 3 aliphatic rings. The van der Waals surface area contributed by atoms with Gasteiger partial charge in [-0.05, 0) is 48.1 Å². The van der Waals surface area contributed by atoms with E-state index >= 15 is 0 Å². The van der Waals surface area contributed by atoms with Crippen molar-refractivity contribution in [3.05, 3.63) is 48.0 Å². The van der Waals surface area contributed by atoms with E-state index in [0.717, 1.165) is 42.9 Å². The van der Waals surface area contributed by atoms with Gasteiger partial charge in [-0.2, -0.15) is 0 Å². The standard InChI is InChI=1S/C33H42N4O7/c34-29(40)28(39)33(12-14-44-15-13-33)20-35-31(42)27-18-25(38)19-37(27)32(43)26(16-21-6-2-1-3-7-21)36-30(41)24-11-10-22-8-4-5-9-23(22)17-24/h4-5,8-11,17,21,25-27,38H,1-3,6-7,12-16,18-20H2,(H2,34,40)(H,35,42)(H,36,41)/t25-,26-,27+/m1/s1. The van der Waals surface area contributed by atoms with Gasteiger partial charge in [0.2, 0.25) is 17.6 Å². The maximum atomic E-state index is 14.1. The second kappa shape index (κ2) is 13.9. The number of nitrogens with one attached hydrogen (secondary N) is 2. The largest absolute Gasteiger partial charge is 0.391 e. The number of β-amino-alcohol motifs (C(OH)–C–C–N with tert-alkyl or cyclic N) is 1. The lowest BCUT2D eigenvalue weighted by molar-refractivity contribution is -0.146. The number of fused-ring (bicyclic) bond motifs is 1. The number of benzene rings is 2. The zero-order valence-electron chi connectivity index (χ0n) is 25.0. The fourth-order valence-corrected chi connectivity index (χ4v) is 6.94. The first-order chi connectivity index (χ1) is 21.2. The van der Waals surface area contributed by atoms with Gasteiger partial charge in [0.15, 0.2) is 0 Å². The number of aliphatic hydroxyl groups is 1. The Balaban J connectivity index is 1.33. The number of carbonyl (C=O) groups is 5. The first-order valence-corrected chi connectivity index (χ1v) is 15.6. The number of ketones is 1. The van der Waals surface area contributed by atoms with Crippen molar-refractivity contribution in [3.63, 3.8) is 0 Å². The van der Waals surface area contributed by atoms with E-state index in [4.69, 9.17) is 10.5 Å². The third kappa shape index (κ3) is 7.10. The van der Waals surface area contributed by atoms with Gasteiger partial charge in [-0.3, -0.25) is 24.0 Å². The van der Waals surface area contributed by atoms with Crippen molar-refractivity contribution in [2.75, 3.05) is 26.3 Å². The second-order valence-electron chi connectivity index (χ2n) is 12.5. The number of Topliss-reactive ketones (excluding diaryl/α,β-unsaturated/α-hetero) is 1. The minimum atomic E-state index is -1.18. The van der Waals surface area contributed by atoms with E-state index in [1.807, 2.05) is 30.3 Å². The number of carbonyl (C=O) groups excluding carboxylic acids is 5. The number of hydrogen-bond acceptors (Lipinski definition) is 7. The Morgan fingerprint density at radius 1 is 1.00 bits per heavy atom.